The van der Waals surface area contributed by atoms with Gasteiger partial charge in [0.2, 0.25) is 5.91 Å². The van der Waals surface area contributed by atoms with Gasteiger partial charge in [0, 0.05) is 5.56 Å². The third kappa shape index (κ3) is 4.82. The number of hydrogen-bond acceptors (Lipinski definition) is 5. The van der Waals surface area contributed by atoms with Gasteiger partial charge < -0.3 is 16.2 Å². The van der Waals surface area contributed by atoms with Crippen molar-refractivity contribution in [3.05, 3.63) is 46.9 Å². The molecule has 0 saturated carbocycles. The van der Waals surface area contributed by atoms with Gasteiger partial charge in [0.15, 0.2) is 0 Å². The van der Waals surface area contributed by atoms with Gasteiger partial charge in [-0.3, -0.25) is 14.2 Å². The average molecular weight is 381 g/mol. The van der Waals surface area contributed by atoms with Crippen LogP contribution in [0, 0.1) is 5.92 Å². The van der Waals surface area contributed by atoms with Crippen LogP contribution < -0.4 is 16.6 Å². The predicted molar refractivity (Wildman–Crippen MR) is 100.0 cm³/mol. The third-order valence-electron chi connectivity index (χ3n) is 3.66. The molecule has 0 spiro atoms. The fraction of sp³-hybridized carbons (Fsp3) is 0.294. The number of nitrogens with two attached hydrogens (primary N) is 1. The number of benzene rings is 1. The SMILES string of the molecule is CC(C)C(NC(=O)Cn1c(-c2ccccc2)ncc(N)c1=O)C(=O)O.Cl. The van der Waals surface area contributed by atoms with Gasteiger partial charge in [-0.25, -0.2) is 9.78 Å². The fourth-order valence-corrected chi connectivity index (χ4v) is 2.35. The number of carbonyl (C=O) groups is 2. The zero-order valence-electron chi connectivity index (χ0n) is 14.4. The third-order valence-corrected chi connectivity index (χ3v) is 3.66. The Bertz CT molecular complexity index is 836. The highest BCUT2D eigenvalue weighted by Crippen LogP contribution is 2.15. The first kappa shape index (κ1) is 21.2. The summed E-state index contributed by atoms with van der Waals surface area (Å²) in [4.78, 5) is 40.0. The van der Waals surface area contributed by atoms with Crippen LogP contribution in [-0.4, -0.2) is 32.6 Å². The number of nitrogen functional groups attached to an aromatic ring is 1. The normalized spacial score (nSPS) is 11.5. The first-order valence-corrected chi connectivity index (χ1v) is 7.74. The molecule has 0 saturated heterocycles. The molecule has 2 aromatic rings. The molecule has 26 heavy (non-hydrogen) atoms. The highest BCUT2D eigenvalue weighted by molar-refractivity contribution is 5.85. The second kappa shape index (κ2) is 9.00. The van der Waals surface area contributed by atoms with E-state index in [0.717, 1.165) is 4.57 Å². The molecule has 2 rings (SSSR count). The lowest BCUT2D eigenvalue weighted by Gasteiger charge is -2.19. The quantitative estimate of drug-likeness (QED) is 0.689. The molecule has 0 radical (unpaired) electrons. The Kier molecular flexibility index (Phi) is 7.33. The zero-order valence-corrected chi connectivity index (χ0v) is 15.2. The Morgan fingerprint density at radius 3 is 2.42 bits per heavy atom. The number of anilines is 1. The number of carboxylic acid groups (broad SMARTS) is 1. The number of nitrogens with one attached hydrogen (secondary N) is 1. The number of amides is 1. The Morgan fingerprint density at radius 1 is 1.27 bits per heavy atom. The Hall–Kier alpha value is -2.87. The van der Waals surface area contributed by atoms with Gasteiger partial charge in [0.1, 0.15) is 24.1 Å². The van der Waals surface area contributed by atoms with Crippen molar-refractivity contribution in [2.45, 2.75) is 26.4 Å². The average Bonchev–Trinajstić information content (AvgIpc) is 2.57. The summed E-state index contributed by atoms with van der Waals surface area (Å²) in [5.74, 6) is -1.76. The number of rotatable bonds is 6. The number of carbonyl (C=O) groups excluding carboxylic acids is 1. The molecule has 1 aromatic carbocycles. The second-order valence-corrected chi connectivity index (χ2v) is 5.92. The predicted octanol–water partition coefficient (Wildman–Crippen LogP) is 1.14. The lowest BCUT2D eigenvalue weighted by molar-refractivity contribution is -0.143. The van der Waals surface area contributed by atoms with Crippen molar-refractivity contribution in [3.8, 4) is 11.4 Å². The number of hydrogen-bond donors (Lipinski definition) is 3. The summed E-state index contributed by atoms with van der Waals surface area (Å²) in [5, 5.41) is 11.6. The van der Waals surface area contributed by atoms with Crippen molar-refractivity contribution in [1.29, 1.82) is 0 Å². The molecule has 8 nitrogen and oxygen atoms in total. The molecule has 1 heterocycles. The number of nitrogens with zero attached hydrogens (tertiary/aromatic N) is 2. The van der Waals surface area contributed by atoms with E-state index in [4.69, 9.17) is 5.73 Å². The summed E-state index contributed by atoms with van der Waals surface area (Å²) in [5.41, 5.74) is 5.62. The zero-order chi connectivity index (χ0) is 18.6. The van der Waals surface area contributed by atoms with Gasteiger partial charge in [0.05, 0.1) is 6.20 Å². The largest absolute Gasteiger partial charge is 0.480 e. The number of aromatic nitrogens is 2. The molecule has 0 aliphatic heterocycles. The van der Waals surface area contributed by atoms with Crippen LogP contribution in [0.1, 0.15) is 13.8 Å². The van der Waals surface area contributed by atoms with Crippen molar-refractivity contribution < 1.29 is 14.7 Å². The van der Waals surface area contributed by atoms with Crippen molar-refractivity contribution in [3.63, 3.8) is 0 Å². The molecule has 140 valence electrons. The molecule has 0 bridgehead atoms. The summed E-state index contributed by atoms with van der Waals surface area (Å²) in [7, 11) is 0. The van der Waals surface area contributed by atoms with Crippen LogP contribution >= 0.6 is 12.4 Å². The maximum absolute atomic E-state index is 12.4. The maximum atomic E-state index is 12.4. The van der Waals surface area contributed by atoms with E-state index >= 15 is 0 Å². The monoisotopic (exact) mass is 380 g/mol. The Labute approximate surface area is 156 Å². The summed E-state index contributed by atoms with van der Waals surface area (Å²) >= 11 is 0. The molecular weight excluding hydrogens is 360 g/mol. The van der Waals surface area contributed by atoms with Gasteiger partial charge in [0.25, 0.3) is 5.56 Å². The van der Waals surface area contributed by atoms with Crippen LogP contribution in [0.3, 0.4) is 0 Å². The summed E-state index contributed by atoms with van der Waals surface area (Å²) in [6.07, 6.45) is 1.24. The van der Waals surface area contributed by atoms with Crippen molar-refractivity contribution >= 4 is 30.0 Å². The summed E-state index contributed by atoms with van der Waals surface area (Å²) in [6, 6.07) is 7.83. The smallest absolute Gasteiger partial charge is 0.326 e. The lowest BCUT2D eigenvalue weighted by atomic mass is 10.0. The van der Waals surface area contributed by atoms with Gasteiger partial charge in [-0.1, -0.05) is 44.2 Å². The van der Waals surface area contributed by atoms with Crippen LogP contribution in [0.15, 0.2) is 41.3 Å². The minimum Gasteiger partial charge on any atom is -0.480 e. The minimum absolute atomic E-state index is 0. The highest BCUT2D eigenvalue weighted by atomic mass is 35.5. The first-order chi connectivity index (χ1) is 11.8. The van der Waals surface area contributed by atoms with Crippen LogP contribution in [0.4, 0.5) is 5.69 Å². The molecule has 0 fully saturated rings. The molecule has 1 aromatic heterocycles. The lowest BCUT2D eigenvalue weighted by Crippen LogP contribution is -2.46. The van der Waals surface area contributed by atoms with E-state index in [0.29, 0.717) is 5.56 Å². The van der Waals surface area contributed by atoms with E-state index in [-0.39, 0.29) is 36.4 Å². The van der Waals surface area contributed by atoms with Crippen LogP contribution in [-0.2, 0) is 16.1 Å². The van der Waals surface area contributed by atoms with Crippen LogP contribution in [0.25, 0.3) is 11.4 Å². The van der Waals surface area contributed by atoms with E-state index in [9.17, 15) is 19.5 Å². The maximum Gasteiger partial charge on any atom is 0.326 e. The van der Waals surface area contributed by atoms with Gasteiger partial charge in [-0.2, -0.15) is 0 Å². The van der Waals surface area contributed by atoms with Crippen molar-refractivity contribution in [2.24, 2.45) is 5.92 Å². The summed E-state index contributed by atoms with van der Waals surface area (Å²) < 4.78 is 1.14. The van der Waals surface area contributed by atoms with Crippen molar-refractivity contribution in [1.82, 2.24) is 14.9 Å². The van der Waals surface area contributed by atoms with Crippen molar-refractivity contribution in [2.75, 3.05) is 5.73 Å². The van der Waals surface area contributed by atoms with Crippen LogP contribution in [0.5, 0.6) is 0 Å². The molecule has 1 amide bonds. The standard InChI is InChI=1S/C17H20N4O4.ClH/c1-10(2)14(17(24)25)20-13(22)9-21-15(11-6-4-3-5-7-11)19-8-12(18)16(21)23;/h3-8,10,14H,9,18H2,1-2H3,(H,20,22)(H,24,25);1H. The van der Waals surface area contributed by atoms with E-state index in [1.807, 2.05) is 6.07 Å². The van der Waals surface area contributed by atoms with E-state index in [2.05, 4.69) is 10.3 Å². The number of carboxylic acids is 1. The molecular formula is C17H21ClN4O4. The second-order valence-electron chi connectivity index (χ2n) is 5.92. The van der Waals surface area contributed by atoms with Gasteiger partial charge in [-0.05, 0) is 5.92 Å². The highest BCUT2D eigenvalue weighted by Gasteiger charge is 2.24. The molecule has 1 unspecified atom stereocenters. The Morgan fingerprint density at radius 2 is 1.88 bits per heavy atom. The molecule has 0 aliphatic carbocycles. The molecule has 4 N–H and O–H groups in total. The molecule has 0 aliphatic rings. The van der Waals surface area contributed by atoms with E-state index in [1.54, 1.807) is 38.1 Å². The van der Waals surface area contributed by atoms with Gasteiger partial charge in [-0.15, -0.1) is 12.4 Å². The minimum atomic E-state index is -1.13. The van der Waals surface area contributed by atoms with E-state index < -0.39 is 23.5 Å². The van der Waals surface area contributed by atoms with Gasteiger partial charge >= 0.3 is 5.97 Å². The number of halogens is 1. The Balaban J connectivity index is 0.00000338. The molecule has 1 atom stereocenters. The van der Waals surface area contributed by atoms with E-state index in [1.165, 1.54) is 6.20 Å². The van der Waals surface area contributed by atoms with Crippen LogP contribution in [0.2, 0.25) is 0 Å². The first-order valence-electron chi connectivity index (χ1n) is 7.74. The topological polar surface area (TPSA) is 127 Å². The molecule has 9 heteroatoms. The number of aliphatic carboxylic acids is 1. The fourth-order valence-electron chi connectivity index (χ4n) is 2.35. The summed E-state index contributed by atoms with van der Waals surface area (Å²) in [6.45, 7) is 2.99.